The number of benzene rings is 2. The molecule has 2 aromatic carbocycles. The minimum Gasteiger partial charge on any atom is -0.493 e. The van der Waals surface area contributed by atoms with Crippen LogP contribution in [0.25, 0.3) is 0 Å². The van der Waals surface area contributed by atoms with Crippen molar-refractivity contribution in [2.75, 3.05) is 81.2 Å². The van der Waals surface area contributed by atoms with Gasteiger partial charge in [0.25, 0.3) is 0 Å². The van der Waals surface area contributed by atoms with E-state index in [1.807, 2.05) is 36.4 Å². The summed E-state index contributed by atoms with van der Waals surface area (Å²) in [6.07, 6.45) is 1.51. The zero-order valence-corrected chi connectivity index (χ0v) is 23.2. The maximum Gasteiger partial charge on any atom is 0.227 e. The van der Waals surface area contributed by atoms with Crippen LogP contribution in [0.2, 0.25) is 0 Å². The molecule has 2 fully saturated rings. The number of carbonyl (C=O) groups excluding carboxylic acids is 1. The highest BCUT2D eigenvalue weighted by Crippen LogP contribution is 2.40. The number of rotatable bonds is 9. The van der Waals surface area contributed by atoms with Crippen LogP contribution in [0.1, 0.15) is 12.8 Å². The molecule has 3 aromatic rings. The number of ether oxygens (including phenoxy) is 4. The Morgan fingerprint density at radius 2 is 1.50 bits per heavy atom. The van der Waals surface area contributed by atoms with Crippen molar-refractivity contribution in [3.8, 4) is 17.2 Å². The Hall–Kier alpha value is -4.25. The number of amides is 1. The first-order chi connectivity index (χ1) is 19.6. The second-order valence-corrected chi connectivity index (χ2v) is 9.71. The molecule has 2 saturated heterocycles. The highest BCUT2D eigenvalue weighted by molar-refractivity contribution is 5.92. The third-order valence-electron chi connectivity index (χ3n) is 7.29. The van der Waals surface area contributed by atoms with Gasteiger partial charge in [-0.1, -0.05) is 0 Å². The van der Waals surface area contributed by atoms with Gasteiger partial charge in [0.15, 0.2) is 23.1 Å². The Balaban J connectivity index is 1.13. The van der Waals surface area contributed by atoms with Crippen LogP contribution in [0.15, 0.2) is 48.5 Å². The fourth-order valence-corrected chi connectivity index (χ4v) is 5.05. The molecule has 2 aliphatic heterocycles. The molecule has 3 heterocycles. The lowest BCUT2D eigenvalue weighted by Gasteiger charge is -2.32. The third-order valence-corrected chi connectivity index (χ3v) is 7.29. The molecule has 2 N–H and O–H groups in total. The van der Waals surface area contributed by atoms with Crippen molar-refractivity contribution >= 4 is 34.6 Å². The Morgan fingerprint density at radius 1 is 0.825 bits per heavy atom. The van der Waals surface area contributed by atoms with Gasteiger partial charge in [-0.05, 0) is 49.2 Å². The number of methoxy groups -OCH3 is 3. The molecule has 0 bridgehead atoms. The normalized spacial score (nSPS) is 15.9. The molecule has 5 rings (SSSR count). The van der Waals surface area contributed by atoms with Crippen LogP contribution in [0.4, 0.5) is 28.7 Å². The van der Waals surface area contributed by atoms with E-state index in [-0.39, 0.29) is 11.8 Å². The van der Waals surface area contributed by atoms with Gasteiger partial charge >= 0.3 is 0 Å². The van der Waals surface area contributed by atoms with Gasteiger partial charge in [0.1, 0.15) is 0 Å². The monoisotopic (exact) mass is 548 g/mol. The van der Waals surface area contributed by atoms with E-state index in [4.69, 9.17) is 18.9 Å². The summed E-state index contributed by atoms with van der Waals surface area (Å²) in [6, 6.07) is 15.5. The van der Waals surface area contributed by atoms with E-state index in [0.29, 0.717) is 23.1 Å². The maximum absolute atomic E-state index is 12.9. The molecule has 0 radical (unpaired) electrons. The van der Waals surface area contributed by atoms with Gasteiger partial charge in [0.05, 0.1) is 34.5 Å². The SMILES string of the molecule is COc1cc(Nc2ccc(N3CCC(C(=O)Nc4ccc(N5CCOCC5)cc4)CC3)nn2)cc(OC)c1OC. The molecule has 40 heavy (non-hydrogen) atoms. The average molecular weight is 549 g/mol. The number of nitrogens with zero attached hydrogens (tertiary/aromatic N) is 4. The minimum absolute atomic E-state index is 0.0379. The lowest BCUT2D eigenvalue weighted by Crippen LogP contribution is -2.38. The predicted octanol–water partition coefficient (Wildman–Crippen LogP) is 3.94. The average Bonchev–Trinajstić information content (AvgIpc) is 3.01. The molecule has 212 valence electrons. The molecule has 0 unspecified atom stereocenters. The van der Waals surface area contributed by atoms with Gasteiger partial charge in [0, 0.05) is 61.3 Å². The number of hydrogen-bond acceptors (Lipinski definition) is 10. The fourth-order valence-electron chi connectivity index (χ4n) is 5.05. The number of carbonyl (C=O) groups is 1. The highest BCUT2D eigenvalue weighted by Gasteiger charge is 2.26. The number of morpholine rings is 1. The molecule has 0 atom stereocenters. The van der Waals surface area contributed by atoms with Crippen LogP contribution >= 0.6 is 0 Å². The standard InChI is InChI=1S/C29H36N6O5/c1-37-24-18-22(19-25(38-2)28(24)39-3)30-26-8-9-27(33-32-26)35-12-10-20(11-13-35)29(36)31-21-4-6-23(7-5-21)34-14-16-40-17-15-34/h4-9,18-20H,10-17H2,1-3H3,(H,30,32)(H,31,36). The van der Waals surface area contributed by atoms with E-state index < -0.39 is 0 Å². The summed E-state index contributed by atoms with van der Waals surface area (Å²) in [5.41, 5.74) is 2.71. The van der Waals surface area contributed by atoms with Crippen molar-refractivity contribution in [2.24, 2.45) is 5.92 Å². The van der Waals surface area contributed by atoms with Crippen molar-refractivity contribution in [1.29, 1.82) is 0 Å². The summed E-state index contributed by atoms with van der Waals surface area (Å²) >= 11 is 0. The highest BCUT2D eigenvalue weighted by atomic mass is 16.5. The van der Waals surface area contributed by atoms with Crippen LogP contribution < -0.4 is 34.6 Å². The van der Waals surface area contributed by atoms with Crippen molar-refractivity contribution in [3.05, 3.63) is 48.5 Å². The van der Waals surface area contributed by atoms with Crippen LogP contribution in [-0.4, -0.2) is 76.8 Å². The van der Waals surface area contributed by atoms with E-state index in [1.165, 1.54) is 0 Å². The van der Waals surface area contributed by atoms with Crippen molar-refractivity contribution in [2.45, 2.75) is 12.8 Å². The van der Waals surface area contributed by atoms with E-state index >= 15 is 0 Å². The van der Waals surface area contributed by atoms with Crippen LogP contribution in [0.3, 0.4) is 0 Å². The number of hydrogen-bond donors (Lipinski definition) is 2. The molecular formula is C29H36N6O5. The van der Waals surface area contributed by atoms with Gasteiger partial charge in [-0.3, -0.25) is 4.79 Å². The molecule has 1 aromatic heterocycles. The molecule has 1 amide bonds. The Kier molecular flexibility index (Phi) is 8.70. The summed E-state index contributed by atoms with van der Waals surface area (Å²) in [7, 11) is 4.72. The summed E-state index contributed by atoms with van der Waals surface area (Å²) in [4.78, 5) is 17.4. The zero-order chi connectivity index (χ0) is 27.9. The number of piperidine rings is 1. The van der Waals surface area contributed by atoms with Crippen molar-refractivity contribution < 1.29 is 23.7 Å². The molecule has 0 aliphatic carbocycles. The minimum atomic E-state index is -0.0379. The molecule has 0 spiro atoms. The number of anilines is 5. The van der Waals surface area contributed by atoms with Gasteiger partial charge in [-0.15, -0.1) is 10.2 Å². The predicted molar refractivity (Wildman–Crippen MR) is 154 cm³/mol. The van der Waals surface area contributed by atoms with E-state index in [2.05, 4.69) is 42.8 Å². The van der Waals surface area contributed by atoms with Gasteiger partial charge in [-0.25, -0.2) is 0 Å². The van der Waals surface area contributed by atoms with E-state index in [9.17, 15) is 4.79 Å². The molecular weight excluding hydrogens is 512 g/mol. The molecule has 0 saturated carbocycles. The molecule has 11 heteroatoms. The van der Waals surface area contributed by atoms with Crippen molar-refractivity contribution in [3.63, 3.8) is 0 Å². The summed E-state index contributed by atoms with van der Waals surface area (Å²) < 4.78 is 21.6. The lowest BCUT2D eigenvalue weighted by molar-refractivity contribution is -0.120. The van der Waals surface area contributed by atoms with Crippen LogP contribution in [0, 0.1) is 5.92 Å². The van der Waals surface area contributed by atoms with Crippen LogP contribution in [-0.2, 0) is 9.53 Å². The Bertz CT molecular complexity index is 1250. The maximum atomic E-state index is 12.9. The summed E-state index contributed by atoms with van der Waals surface area (Å²) in [5.74, 6) is 3.02. The quantitative estimate of drug-likeness (QED) is 0.408. The third kappa shape index (κ3) is 6.31. The van der Waals surface area contributed by atoms with Crippen LogP contribution in [0.5, 0.6) is 17.2 Å². The molecule has 2 aliphatic rings. The first-order valence-corrected chi connectivity index (χ1v) is 13.5. The second kappa shape index (κ2) is 12.7. The van der Waals surface area contributed by atoms with E-state index in [0.717, 1.165) is 75.1 Å². The fraction of sp³-hybridized carbons (Fsp3) is 0.414. The van der Waals surface area contributed by atoms with E-state index in [1.54, 1.807) is 21.3 Å². The Labute approximate surface area is 234 Å². The lowest BCUT2D eigenvalue weighted by atomic mass is 9.96. The van der Waals surface area contributed by atoms with Gasteiger partial charge in [0.2, 0.25) is 11.7 Å². The smallest absolute Gasteiger partial charge is 0.227 e. The molecule has 11 nitrogen and oxygen atoms in total. The van der Waals surface area contributed by atoms with Crippen molar-refractivity contribution in [1.82, 2.24) is 10.2 Å². The first kappa shape index (κ1) is 27.3. The Morgan fingerprint density at radius 3 is 2.08 bits per heavy atom. The van der Waals surface area contributed by atoms with Gasteiger partial charge < -0.3 is 39.4 Å². The first-order valence-electron chi connectivity index (χ1n) is 13.5. The largest absolute Gasteiger partial charge is 0.493 e. The summed E-state index contributed by atoms with van der Waals surface area (Å²) in [6.45, 7) is 4.75. The number of aromatic nitrogens is 2. The number of nitrogens with one attached hydrogen (secondary N) is 2. The second-order valence-electron chi connectivity index (χ2n) is 9.71. The zero-order valence-electron chi connectivity index (χ0n) is 23.2. The summed E-state index contributed by atoms with van der Waals surface area (Å²) in [5, 5.41) is 15.1. The van der Waals surface area contributed by atoms with Gasteiger partial charge in [-0.2, -0.15) is 0 Å². The topological polar surface area (TPSA) is 110 Å².